The fourth-order valence-electron chi connectivity index (χ4n) is 1.57. The highest BCUT2D eigenvalue weighted by Crippen LogP contribution is 2.29. The van der Waals surface area contributed by atoms with E-state index in [0.717, 1.165) is 6.26 Å². The molecule has 0 aliphatic carbocycles. The summed E-state index contributed by atoms with van der Waals surface area (Å²) in [5.41, 5.74) is -0.247. The minimum atomic E-state index is -1.47. The zero-order valence-corrected chi connectivity index (χ0v) is 10.5. The van der Waals surface area contributed by atoms with Crippen LogP contribution in [0.5, 0.6) is 0 Å². The Morgan fingerprint density at radius 3 is 2.78 bits per heavy atom. The van der Waals surface area contributed by atoms with Gasteiger partial charge in [0.25, 0.3) is 0 Å². The number of hydrogen-bond acceptors (Lipinski definition) is 3. The molecular formula is C12H8BrFO4. The van der Waals surface area contributed by atoms with Gasteiger partial charge in [0.05, 0.1) is 6.26 Å². The summed E-state index contributed by atoms with van der Waals surface area (Å²) in [5.74, 6) is -2.08. The van der Waals surface area contributed by atoms with E-state index >= 15 is 0 Å². The standard InChI is InChI=1S/C12H8BrFO4/c13-6-1-2-9(14)8(5-6)10(15)11-7(12(16)17)3-4-18-11/h1-5,10,15H,(H,16,17). The number of aliphatic hydroxyl groups is 1. The molecule has 1 aromatic heterocycles. The fraction of sp³-hybridized carbons (Fsp3) is 0.0833. The molecule has 2 rings (SSSR count). The van der Waals surface area contributed by atoms with Gasteiger partial charge in [-0.1, -0.05) is 15.9 Å². The minimum absolute atomic E-state index is 0.0539. The first kappa shape index (κ1) is 12.8. The molecule has 0 radical (unpaired) electrons. The first-order valence-electron chi connectivity index (χ1n) is 4.94. The van der Waals surface area contributed by atoms with Crippen LogP contribution < -0.4 is 0 Å². The Bertz CT molecular complexity index is 594. The van der Waals surface area contributed by atoms with Crippen LogP contribution in [0.25, 0.3) is 0 Å². The smallest absolute Gasteiger partial charge is 0.339 e. The number of carboxylic acids is 1. The zero-order chi connectivity index (χ0) is 13.3. The molecule has 4 nitrogen and oxygen atoms in total. The summed E-state index contributed by atoms with van der Waals surface area (Å²) in [6.45, 7) is 0. The number of aromatic carboxylic acids is 1. The van der Waals surface area contributed by atoms with Gasteiger partial charge in [-0.15, -0.1) is 0 Å². The number of furan rings is 1. The summed E-state index contributed by atoms with van der Waals surface area (Å²) >= 11 is 3.15. The fourth-order valence-corrected chi connectivity index (χ4v) is 1.95. The average Bonchev–Trinajstić information content (AvgIpc) is 2.80. The largest absolute Gasteiger partial charge is 0.478 e. The maximum Gasteiger partial charge on any atom is 0.339 e. The molecule has 0 amide bonds. The minimum Gasteiger partial charge on any atom is -0.478 e. The van der Waals surface area contributed by atoms with E-state index in [2.05, 4.69) is 15.9 Å². The predicted molar refractivity (Wildman–Crippen MR) is 63.8 cm³/mol. The number of carbonyl (C=O) groups is 1. The van der Waals surface area contributed by atoms with Gasteiger partial charge in [0.1, 0.15) is 17.5 Å². The van der Waals surface area contributed by atoms with Gasteiger partial charge in [0.15, 0.2) is 5.76 Å². The molecule has 0 saturated heterocycles. The van der Waals surface area contributed by atoms with Crippen LogP contribution in [0.2, 0.25) is 0 Å². The molecule has 94 valence electrons. The highest BCUT2D eigenvalue weighted by atomic mass is 79.9. The SMILES string of the molecule is O=C(O)c1ccoc1C(O)c1cc(Br)ccc1F. The molecule has 18 heavy (non-hydrogen) atoms. The molecule has 1 aromatic carbocycles. The van der Waals surface area contributed by atoms with Crippen LogP contribution in [0.15, 0.2) is 39.4 Å². The van der Waals surface area contributed by atoms with Crippen LogP contribution in [0.3, 0.4) is 0 Å². The topological polar surface area (TPSA) is 70.7 Å². The highest BCUT2D eigenvalue weighted by molar-refractivity contribution is 9.10. The molecule has 0 saturated carbocycles. The first-order valence-corrected chi connectivity index (χ1v) is 5.73. The van der Waals surface area contributed by atoms with Gasteiger partial charge in [-0.25, -0.2) is 9.18 Å². The van der Waals surface area contributed by atoms with E-state index in [0.29, 0.717) is 4.47 Å². The van der Waals surface area contributed by atoms with Crippen molar-refractivity contribution >= 4 is 21.9 Å². The van der Waals surface area contributed by atoms with E-state index < -0.39 is 17.9 Å². The average molecular weight is 315 g/mol. The van der Waals surface area contributed by atoms with E-state index in [1.165, 1.54) is 24.3 Å². The summed E-state index contributed by atoms with van der Waals surface area (Å²) in [6.07, 6.45) is -0.332. The number of aliphatic hydroxyl groups excluding tert-OH is 1. The third-order valence-corrected chi connectivity index (χ3v) is 2.92. The summed E-state index contributed by atoms with van der Waals surface area (Å²) < 4.78 is 19.1. The maximum absolute atomic E-state index is 13.6. The molecule has 2 aromatic rings. The van der Waals surface area contributed by atoms with Gasteiger partial charge in [-0.05, 0) is 24.3 Å². The van der Waals surface area contributed by atoms with Crippen molar-refractivity contribution in [2.75, 3.05) is 0 Å². The molecular weight excluding hydrogens is 307 g/mol. The number of hydrogen-bond donors (Lipinski definition) is 2. The van der Waals surface area contributed by atoms with Crippen molar-refractivity contribution in [2.45, 2.75) is 6.10 Å². The first-order chi connectivity index (χ1) is 8.50. The van der Waals surface area contributed by atoms with Crippen molar-refractivity contribution in [1.82, 2.24) is 0 Å². The van der Waals surface area contributed by atoms with Crippen molar-refractivity contribution in [3.63, 3.8) is 0 Å². The Balaban J connectivity index is 2.47. The van der Waals surface area contributed by atoms with E-state index in [-0.39, 0.29) is 16.9 Å². The molecule has 1 unspecified atom stereocenters. The summed E-state index contributed by atoms with van der Waals surface area (Å²) in [5, 5.41) is 18.9. The maximum atomic E-state index is 13.6. The third kappa shape index (κ3) is 2.30. The molecule has 2 N–H and O–H groups in total. The van der Waals surface area contributed by atoms with Crippen molar-refractivity contribution in [2.24, 2.45) is 0 Å². The number of carboxylic acid groups (broad SMARTS) is 1. The van der Waals surface area contributed by atoms with Crippen molar-refractivity contribution in [3.05, 3.63) is 57.7 Å². The van der Waals surface area contributed by atoms with Crippen LogP contribution >= 0.6 is 15.9 Å². The van der Waals surface area contributed by atoms with Crippen LogP contribution in [0, 0.1) is 5.82 Å². The van der Waals surface area contributed by atoms with Gasteiger partial charge in [-0.2, -0.15) is 0 Å². The number of halogens is 2. The second kappa shape index (κ2) is 4.91. The van der Waals surface area contributed by atoms with E-state index in [9.17, 15) is 14.3 Å². The lowest BCUT2D eigenvalue weighted by atomic mass is 10.0. The van der Waals surface area contributed by atoms with Crippen LogP contribution in [0.4, 0.5) is 4.39 Å². The molecule has 0 bridgehead atoms. The summed E-state index contributed by atoms with van der Waals surface area (Å²) in [7, 11) is 0. The van der Waals surface area contributed by atoms with Gasteiger partial charge in [0.2, 0.25) is 0 Å². The third-order valence-electron chi connectivity index (χ3n) is 2.43. The Morgan fingerprint density at radius 2 is 2.11 bits per heavy atom. The normalized spacial score (nSPS) is 12.4. The Kier molecular flexibility index (Phi) is 3.49. The molecule has 0 fully saturated rings. The summed E-state index contributed by atoms with van der Waals surface area (Å²) in [4.78, 5) is 10.9. The van der Waals surface area contributed by atoms with Gasteiger partial charge < -0.3 is 14.6 Å². The van der Waals surface area contributed by atoms with Gasteiger partial charge in [0, 0.05) is 10.0 Å². The molecule has 0 aliphatic heterocycles. The molecule has 1 atom stereocenters. The van der Waals surface area contributed by atoms with Gasteiger partial charge >= 0.3 is 5.97 Å². The number of rotatable bonds is 3. The second-order valence-corrected chi connectivity index (χ2v) is 4.49. The quantitative estimate of drug-likeness (QED) is 0.913. The molecule has 6 heteroatoms. The summed E-state index contributed by atoms with van der Waals surface area (Å²) in [6, 6.07) is 5.22. The molecule has 1 heterocycles. The lowest BCUT2D eigenvalue weighted by Crippen LogP contribution is -2.07. The Hall–Kier alpha value is -1.66. The second-order valence-electron chi connectivity index (χ2n) is 3.57. The zero-order valence-electron chi connectivity index (χ0n) is 8.93. The molecule has 0 spiro atoms. The van der Waals surface area contributed by atoms with E-state index in [1.807, 2.05) is 0 Å². The van der Waals surface area contributed by atoms with Crippen molar-refractivity contribution in [1.29, 1.82) is 0 Å². The van der Waals surface area contributed by atoms with E-state index in [1.54, 1.807) is 0 Å². The van der Waals surface area contributed by atoms with Crippen LogP contribution in [-0.2, 0) is 0 Å². The lowest BCUT2D eigenvalue weighted by Gasteiger charge is -2.11. The molecule has 0 aliphatic rings. The predicted octanol–water partition coefficient (Wildman–Crippen LogP) is 2.96. The highest BCUT2D eigenvalue weighted by Gasteiger charge is 2.24. The van der Waals surface area contributed by atoms with Crippen molar-refractivity contribution < 1.29 is 23.8 Å². The van der Waals surface area contributed by atoms with Crippen LogP contribution in [0.1, 0.15) is 27.8 Å². The van der Waals surface area contributed by atoms with E-state index in [4.69, 9.17) is 9.52 Å². The van der Waals surface area contributed by atoms with Gasteiger partial charge in [-0.3, -0.25) is 0 Å². The number of benzene rings is 1. The Labute approximate surface area is 110 Å². The monoisotopic (exact) mass is 314 g/mol. The van der Waals surface area contributed by atoms with Crippen molar-refractivity contribution in [3.8, 4) is 0 Å². The Morgan fingerprint density at radius 1 is 1.39 bits per heavy atom. The lowest BCUT2D eigenvalue weighted by molar-refractivity contribution is 0.0687. The van der Waals surface area contributed by atoms with Crippen LogP contribution in [-0.4, -0.2) is 16.2 Å².